The first-order chi connectivity index (χ1) is 6.76. The van der Waals surface area contributed by atoms with Crippen molar-refractivity contribution in [1.29, 1.82) is 0 Å². The molecule has 1 unspecified atom stereocenters. The van der Waals surface area contributed by atoms with Gasteiger partial charge in [-0.2, -0.15) is 0 Å². The summed E-state index contributed by atoms with van der Waals surface area (Å²) in [5.74, 6) is 0.608. The van der Waals surface area contributed by atoms with E-state index < -0.39 is 5.82 Å². The molecule has 0 aliphatic carbocycles. The number of nitrogens with one attached hydrogen (secondary N) is 1. The first kappa shape index (κ1) is 11.2. The molecule has 0 amide bonds. The average molecular weight is 218 g/mol. The van der Waals surface area contributed by atoms with Crippen molar-refractivity contribution in [2.75, 3.05) is 11.2 Å². The Kier molecular flexibility index (Phi) is 4.59. The summed E-state index contributed by atoms with van der Waals surface area (Å²) >= 11 is 5.63. The zero-order valence-corrected chi connectivity index (χ0v) is 8.76. The van der Waals surface area contributed by atoms with Gasteiger partial charge < -0.3 is 5.32 Å². The zero-order valence-electron chi connectivity index (χ0n) is 8.00. The Labute approximate surface area is 87.7 Å². The lowest BCUT2D eigenvalue weighted by Gasteiger charge is -2.14. The molecule has 0 aliphatic rings. The SMILES string of the molecule is CCC(CCCl)Nc1ncc(F)cn1. The Morgan fingerprint density at radius 2 is 2.14 bits per heavy atom. The van der Waals surface area contributed by atoms with Crippen molar-refractivity contribution in [2.24, 2.45) is 0 Å². The molecule has 1 atom stereocenters. The lowest BCUT2D eigenvalue weighted by molar-refractivity contribution is 0.610. The molecule has 0 radical (unpaired) electrons. The summed E-state index contributed by atoms with van der Waals surface area (Å²) in [6.07, 6.45) is 4.07. The summed E-state index contributed by atoms with van der Waals surface area (Å²) in [6.45, 7) is 2.05. The summed E-state index contributed by atoms with van der Waals surface area (Å²) < 4.78 is 12.5. The Bertz CT molecular complexity index is 265. The number of rotatable bonds is 5. The van der Waals surface area contributed by atoms with Crippen molar-refractivity contribution in [3.63, 3.8) is 0 Å². The van der Waals surface area contributed by atoms with Crippen molar-refractivity contribution in [2.45, 2.75) is 25.8 Å². The summed E-state index contributed by atoms with van der Waals surface area (Å²) in [4.78, 5) is 7.62. The number of aromatic nitrogens is 2. The van der Waals surface area contributed by atoms with Gasteiger partial charge in [-0.05, 0) is 12.8 Å². The molecular formula is C9H13ClFN3. The van der Waals surface area contributed by atoms with Crippen molar-refractivity contribution in [3.05, 3.63) is 18.2 Å². The second-order valence-corrected chi connectivity index (χ2v) is 3.33. The van der Waals surface area contributed by atoms with Crippen LogP contribution in [0.4, 0.5) is 10.3 Å². The molecule has 3 nitrogen and oxygen atoms in total. The van der Waals surface area contributed by atoms with Crippen LogP contribution < -0.4 is 5.32 Å². The summed E-state index contributed by atoms with van der Waals surface area (Å²) in [6, 6.07) is 0.248. The topological polar surface area (TPSA) is 37.8 Å². The van der Waals surface area contributed by atoms with Gasteiger partial charge in [0.05, 0.1) is 12.4 Å². The van der Waals surface area contributed by atoms with Crippen LogP contribution in [0, 0.1) is 5.82 Å². The predicted octanol–water partition coefficient (Wildman–Crippen LogP) is 2.44. The number of nitrogens with zero attached hydrogens (tertiary/aromatic N) is 2. The van der Waals surface area contributed by atoms with Gasteiger partial charge in [-0.25, -0.2) is 14.4 Å². The van der Waals surface area contributed by atoms with E-state index in [0.29, 0.717) is 11.8 Å². The smallest absolute Gasteiger partial charge is 0.222 e. The highest BCUT2D eigenvalue weighted by Gasteiger charge is 2.06. The van der Waals surface area contributed by atoms with Gasteiger partial charge in [-0.15, -0.1) is 11.6 Å². The maximum atomic E-state index is 12.5. The molecule has 1 rings (SSSR count). The van der Waals surface area contributed by atoms with Gasteiger partial charge in [0.15, 0.2) is 5.82 Å². The van der Waals surface area contributed by atoms with Crippen LogP contribution in [0.3, 0.4) is 0 Å². The second-order valence-electron chi connectivity index (χ2n) is 2.95. The molecule has 1 aromatic rings. The molecule has 78 valence electrons. The molecule has 0 saturated carbocycles. The Hall–Kier alpha value is -0.900. The van der Waals surface area contributed by atoms with Gasteiger partial charge >= 0.3 is 0 Å². The molecular weight excluding hydrogens is 205 g/mol. The highest BCUT2D eigenvalue weighted by Crippen LogP contribution is 2.07. The van der Waals surface area contributed by atoms with Gasteiger partial charge in [-0.1, -0.05) is 6.92 Å². The van der Waals surface area contributed by atoms with Crippen molar-refractivity contribution >= 4 is 17.5 Å². The minimum absolute atomic E-state index is 0.248. The largest absolute Gasteiger partial charge is 0.351 e. The Morgan fingerprint density at radius 1 is 1.50 bits per heavy atom. The van der Waals surface area contributed by atoms with E-state index in [9.17, 15) is 4.39 Å². The van der Waals surface area contributed by atoms with Gasteiger partial charge in [0, 0.05) is 11.9 Å². The van der Waals surface area contributed by atoms with Gasteiger partial charge in [0.25, 0.3) is 0 Å². The monoisotopic (exact) mass is 217 g/mol. The molecule has 1 N–H and O–H groups in total. The van der Waals surface area contributed by atoms with E-state index in [1.165, 1.54) is 0 Å². The molecule has 0 fully saturated rings. The highest BCUT2D eigenvalue weighted by molar-refractivity contribution is 6.17. The maximum Gasteiger partial charge on any atom is 0.222 e. The van der Waals surface area contributed by atoms with E-state index >= 15 is 0 Å². The van der Waals surface area contributed by atoms with E-state index in [-0.39, 0.29) is 6.04 Å². The van der Waals surface area contributed by atoms with Crippen LogP contribution in [0.1, 0.15) is 19.8 Å². The molecule has 5 heteroatoms. The standard InChI is InChI=1S/C9H13ClFN3/c1-2-8(3-4-10)14-9-12-5-7(11)6-13-9/h5-6,8H,2-4H2,1H3,(H,12,13,14). The lowest BCUT2D eigenvalue weighted by Crippen LogP contribution is -2.20. The molecule has 0 aliphatic heterocycles. The van der Waals surface area contributed by atoms with Crippen molar-refractivity contribution in [3.8, 4) is 0 Å². The highest BCUT2D eigenvalue weighted by atomic mass is 35.5. The number of hydrogen-bond donors (Lipinski definition) is 1. The zero-order chi connectivity index (χ0) is 10.4. The second kappa shape index (κ2) is 5.75. The molecule has 1 heterocycles. The van der Waals surface area contributed by atoms with Crippen LogP contribution in [-0.4, -0.2) is 21.9 Å². The minimum Gasteiger partial charge on any atom is -0.351 e. The van der Waals surface area contributed by atoms with Crippen LogP contribution >= 0.6 is 11.6 Å². The van der Waals surface area contributed by atoms with Crippen LogP contribution in [0.2, 0.25) is 0 Å². The fourth-order valence-electron chi connectivity index (χ4n) is 1.08. The van der Waals surface area contributed by atoms with Gasteiger partial charge in [0.1, 0.15) is 0 Å². The van der Waals surface area contributed by atoms with E-state index in [2.05, 4.69) is 15.3 Å². The van der Waals surface area contributed by atoms with Crippen LogP contribution in [0.15, 0.2) is 12.4 Å². The molecule has 0 aromatic carbocycles. The first-order valence-electron chi connectivity index (χ1n) is 4.56. The lowest BCUT2D eigenvalue weighted by atomic mass is 10.2. The quantitative estimate of drug-likeness (QED) is 0.770. The third-order valence-electron chi connectivity index (χ3n) is 1.90. The minimum atomic E-state index is -0.430. The van der Waals surface area contributed by atoms with Crippen molar-refractivity contribution in [1.82, 2.24) is 9.97 Å². The molecule has 1 aromatic heterocycles. The summed E-state index contributed by atoms with van der Waals surface area (Å²) in [5, 5.41) is 3.08. The fraction of sp³-hybridized carbons (Fsp3) is 0.556. The van der Waals surface area contributed by atoms with E-state index in [0.717, 1.165) is 25.2 Å². The maximum absolute atomic E-state index is 12.5. The van der Waals surface area contributed by atoms with Crippen LogP contribution in [-0.2, 0) is 0 Å². The Morgan fingerprint density at radius 3 is 2.64 bits per heavy atom. The summed E-state index contributed by atoms with van der Waals surface area (Å²) in [7, 11) is 0. The van der Waals surface area contributed by atoms with Crippen LogP contribution in [0.25, 0.3) is 0 Å². The molecule has 0 saturated heterocycles. The first-order valence-corrected chi connectivity index (χ1v) is 5.09. The van der Waals surface area contributed by atoms with Crippen LogP contribution in [0.5, 0.6) is 0 Å². The summed E-state index contributed by atoms with van der Waals surface area (Å²) in [5.41, 5.74) is 0. The molecule has 14 heavy (non-hydrogen) atoms. The number of hydrogen-bond acceptors (Lipinski definition) is 3. The molecule has 0 spiro atoms. The van der Waals surface area contributed by atoms with Gasteiger partial charge in [0.2, 0.25) is 5.95 Å². The predicted molar refractivity (Wildman–Crippen MR) is 55.0 cm³/mol. The van der Waals surface area contributed by atoms with E-state index in [1.807, 2.05) is 6.92 Å². The third-order valence-corrected chi connectivity index (χ3v) is 2.12. The Balaban J connectivity index is 2.53. The fourth-order valence-corrected chi connectivity index (χ4v) is 1.34. The average Bonchev–Trinajstić information content (AvgIpc) is 2.20. The molecule has 0 bridgehead atoms. The van der Waals surface area contributed by atoms with Gasteiger partial charge in [-0.3, -0.25) is 0 Å². The normalized spacial score (nSPS) is 12.5. The van der Waals surface area contributed by atoms with E-state index in [4.69, 9.17) is 11.6 Å². The van der Waals surface area contributed by atoms with E-state index in [1.54, 1.807) is 0 Å². The number of anilines is 1. The van der Waals surface area contributed by atoms with Crippen molar-refractivity contribution < 1.29 is 4.39 Å². The third kappa shape index (κ3) is 3.46. The number of alkyl halides is 1. The number of halogens is 2.